The van der Waals surface area contributed by atoms with Crippen molar-refractivity contribution in [1.29, 1.82) is 0 Å². The highest BCUT2D eigenvalue weighted by atomic mass is 32.1. The summed E-state index contributed by atoms with van der Waals surface area (Å²) in [6, 6.07) is 0. The largest absolute Gasteiger partial charge is 0.516 e. The van der Waals surface area contributed by atoms with Gasteiger partial charge in [0.1, 0.15) is 0 Å². The van der Waals surface area contributed by atoms with Gasteiger partial charge >= 0.3 is 11.9 Å². The molecule has 0 bridgehead atoms. The molecule has 0 aliphatic rings. The van der Waals surface area contributed by atoms with Crippen LogP contribution < -0.4 is 0 Å². The molecule has 0 saturated carbocycles. The number of hydrogen-bond acceptors (Lipinski definition) is 7. The molecule has 0 atom stereocenters. The minimum atomic E-state index is -2.14. The van der Waals surface area contributed by atoms with Gasteiger partial charge in [-0.25, -0.2) is 9.59 Å². The Morgan fingerprint density at radius 2 is 1.10 bits per heavy atom. The van der Waals surface area contributed by atoms with E-state index in [-0.39, 0.29) is 9.75 Å². The molecule has 1 heterocycles. The van der Waals surface area contributed by atoms with Crippen LogP contribution in [0.4, 0.5) is 0 Å². The summed E-state index contributed by atoms with van der Waals surface area (Å²) >= 11 is 0.679. The van der Waals surface area contributed by atoms with Crippen molar-refractivity contribution in [3.05, 3.63) is 9.75 Å². The van der Waals surface area contributed by atoms with Gasteiger partial charge in [0.25, 0.3) is 0 Å². The predicted octanol–water partition coefficient (Wildman–Crippen LogP) is 3.14. The molecule has 0 fully saturated rings. The number of carbonyl (C=O) groups excluding carboxylic acids is 2. The molecular formula is C12H20O6SSi2. The van der Waals surface area contributed by atoms with Crippen molar-refractivity contribution in [2.24, 2.45) is 0 Å². The molecule has 0 aliphatic carbocycles. The van der Waals surface area contributed by atoms with Crippen LogP contribution in [0.2, 0.25) is 39.3 Å². The molecule has 21 heavy (non-hydrogen) atoms. The highest BCUT2D eigenvalue weighted by Gasteiger charge is 2.32. The van der Waals surface area contributed by atoms with E-state index in [1.54, 1.807) is 0 Å². The number of hydrogen-bond donors (Lipinski definition) is 2. The van der Waals surface area contributed by atoms with Gasteiger partial charge in [0.2, 0.25) is 16.6 Å². The summed E-state index contributed by atoms with van der Waals surface area (Å²) in [5.74, 6) is -2.74. The summed E-state index contributed by atoms with van der Waals surface area (Å²) in [5, 5.41) is 19.6. The van der Waals surface area contributed by atoms with Crippen LogP contribution in [-0.2, 0) is 8.85 Å². The first-order chi connectivity index (χ1) is 9.32. The Morgan fingerprint density at radius 3 is 1.33 bits per heavy atom. The van der Waals surface area contributed by atoms with Gasteiger partial charge < -0.3 is 19.1 Å². The summed E-state index contributed by atoms with van der Waals surface area (Å²) in [5.41, 5.74) is 0. The first-order valence-corrected chi connectivity index (χ1v) is 14.0. The van der Waals surface area contributed by atoms with E-state index >= 15 is 0 Å². The number of rotatable bonds is 4. The Labute approximate surface area is 129 Å². The molecule has 0 aliphatic heterocycles. The molecular weight excluding hydrogens is 328 g/mol. The van der Waals surface area contributed by atoms with Crippen LogP contribution in [0, 0.1) is 0 Å². The van der Waals surface area contributed by atoms with Crippen molar-refractivity contribution in [2.75, 3.05) is 0 Å². The van der Waals surface area contributed by atoms with Crippen LogP contribution in [0.5, 0.6) is 11.5 Å². The van der Waals surface area contributed by atoms with Gasteiger partial charge in [-0.3, -0.25) is 0 Å². The summed E-state index contributed by atoms with van der Waals surface area (Å²) in [6.07, 6.45) is 0. The average molecular weight is 349 g/mol. The van der Waals surface area contributed by atoms with Gasteiger partial charge in [-0.1, -0.05) is 0 Å². The van der Waals surface area contributed by atoms with Crippen molar-refractivity contribution in [3.63, 3.8) is 0 Å². The van der Waals surface area contributed by atoms with Crippen LogP contribution >= 0.6 is 11.3 Å². The molecule has 0 unspecified atom stereocenters. The smallest absolute Gasteiger partial charge is 0.339 e. The first kappa shape index (κ1) is 17.7. The maximum atomic E-state index is 12.0. The molecule has 118 valence electrons. The second-order valence-corrected chi connectivity index (χ2v) is 16.3. The third-order valence-electron chi connectivity index (χ3n) is 2.03. The number of thiophene rings is 1. The molecule has 9 heteroatoms. The maximum Gasteiger partial charge on any atom is 0.339 e. The lowest BCUT2D eigenvalue weighted by molar-refractivity contribution is 0.0715. The van der Waals surface area contributed by atoms with E-state index in [4.69, 9.17) is 8.85 Å². The molecule has 1 aromatic heterocycles. The molecule has 0 radical (unpaired) electrons. The number of aromatic hydroxyl groups is 2. The zero-order chi connectivity index (χ0) is 16.6. The minimum Gasteiger partial charge on any atom is -0.516 e. The van der Waals surface area contributed by atoms with Gasteiger partial charge in [-0.2, -0.15) is 0 Å². The molecule has 0 amide bonds. The SMILES string of the molecule is C[Si](C)(C)OC(=O)c1sc(C(=O)O[Si](C)(C)C)c(O)c1O. The average Bonchev–Trinajstić information content (AvgIpc) is 2.51. The maximum absolute atomic E-state index is 12.0. The van der Waals surface area contributed by atoms with Crippen molar-refractivity contribution >= 4 is 39.9 Å². The molecule has 1 aromatic rings. The summed E-state index contributed by atoms with van der Waals surface area (Å²) in [4.78, 5) is 23.6. The lowest BCUT2D eigenvalue weighted by Crippen LogP contribution is -2.29. The Bertz CT molecular complexity index is 519. The fraction of sp³-hybridized carbons (Fsp3) is 0.500. The lowest BCUT2D eigenvalue weighted by Gasteiger charge is -2.16. The van der Waals surface area contributed by atoms with Gasteiger partial charge in [-0.15, -0.1) is 11.3 Å². The Kier molecular flexibility index (Phi) is 4.91. The zero-order valence-corrected chi connectivity index (χ0v) is 15.8. The molecule has 6 nitrogen and oxygen atoms in total. The summed E-state index contributed by atoms with van der Waals surface area (Å²) in [7, 11) is -4.29. The van der Waals surface area contributed by atoms with Crippen LogP contribution in [0.3, 0.4) is 0 Å². The van der Waals surface area contributed by atoms with E-state index in [0.717, 1.165) is 0 Å². The van der Waals surface area contributed by atoms with Crippen LogP contribution in [0.15, 0.2) is 0 Å². The topological polar surface area (TPSA) is 93.1 Å². The van der Waals surface area contributed by atoms with Crippen LogP contribution in [-0.4, -0.2) is 38.8 Å². The van der Waals surface area contributed by atoms with Crippen molar-refractivity contribution in [2.45, 2.75) is 39.3 Å². The second-order valence-electron chi connectivity index (χ2n) is 6.46. The zero-order valence-electron chi connectivity index (χ0n) is 12.9. The van der Waals surface area contributed by atoms with Crippen molar-refractivity contribution < 1.29 is 28.7 Å². The monoisotopic (exact) mass is 348 g/mol. The molecule has 1 rings (SSSR count). The van der Waals surface area contributed by atoms with E-state index in [2.05, 4.69) is 0 Å². The molecule has 0 aromatic carbocycles. The normalized spacial score (nSPS) is 12.1. The highest BCUT2D eigenvalue weighted by molar-refractivity contribution is 7.16. The third-order valence-corrected chi connectivity index (χ3v) is 4.75. The van der Waals surface area contributed by atoms with E-state index < -0.39 is 40.1 Å². The van der Waals surface area contributed by atoms with Crippen molar-refractivity contribution in [3.8, 4) is 11.5 Å². The summed E-state index contributed by atoms with van der Waals surface area (Å²) in [6.45, 7) is 10.9. The molecule has 2 N–H and O–H groups in total. The summed E-state index contributed by atoms with van der Waals surface area (Å²) < 4.78 is 10.5. The first-order valence-electron chi connectivity index (χ1n) is 6.33. The van der Waals surface area contributed by atoms with E-state index in [1.165, 1.54) is 0 Å². The van der Waals surface area contributed by atoms with Gasteiger partial charge in [-0.05, 0) is 39.3 Å². The Hall–Kier alpha value is -1.33. The second kappa shape index (κ2) is 5.81. The molecule has 0 spiro atoms. The van der Waals surface area contributed by atoms with Gasteiger partial charge in [0, 0.05) is 0 Å². The Balaban J connectivity index is 3.10. The fourth-order valence-corrected chi connectivity index (χ4v) is 3.64. The highest BCUT2D eigenvalue weighted by Crippen LogP contribution is 2.41. The van der Waals surface area contributed by atoms with Gasteiger partial charge in [0.15, 0.2) is 21.3 Å². The Morgan fingerprint density at radius 1 is 0.810 bits per heavy atom. The standard InChI is InChI=1S/C12H20O6SSi2/c1-20(2,3)17-11(15)9-7(13)8(14)10(19-9)12(16)18-21(4,5)6/h13-14H,1-6H3. The quantitative estimate of drug-likeness (QED) is 0.812. The number of carbonyl (C=O) groups is 2. The minimum absolute atomic E-state index is 0.183. The third kappa shape index (κ3) is 4.86. The van der Waals surface area contributed by atoms with Crippen molar-refractivity contribution in [1.82, 2.24) is 0 Å². The van der Waals surface area contributed by atoms with Crippen LogP contribution in [0.1, 0.15) is 19.3 Å². The van der Waals surface area contributed by atoms with E-state index in [9.17, 15) is 19.8 Å². The predicted molar refractivity (Wildman–Crippen MR) is 85.2 cm³/mol. The van der Waals surface area contributed by atoms with E-state index in [1.807, 2.05) is 39.3 Å². The lowest BCUT2D eigenvalue weighted by atomic mass is 10.3. The van der Waals surface area contributed by atoms with E-state index in [0.29, 0.717) is 11.3 Å². The van der Waals surface area contributed by atoms with Crippen LogP contribution in [0.25, 0.3) is 0 Å². The molecule has 0 saturated heterocycles. The fourth-order valence-electron chi connectivity index (χ4n) is 1.34. The van der Waals surface area contributed by atoms with Gasteiger partial charge in [0.05, 0.1) is 0 Å².